The Morgan fingerprint density at radius 2 is 1.87 bits per heavy atom. The molecule has 3 rings (SSSR count). The molecule has 170 valence electrons. The third-order valence-corrected chi connectivity index (χ3v) is 7.57. The summed E-state index contributed by atoms with van der Waals surface area (Å²) in [6, 6.07) is 0.557. The number of nitrogens with one attached hydrogen (secondary N) is 2. The molecule has 0 amide bonds. The topological polar surface area (TPSA) is 55.8 Å². The van der Waals surface area contributed by atoms with Crippen LogP contribution in [0, 0.1) is 5.92 Å². The van der Waals surface area contributed by atoms with Crippen LogP contribution in [0.1, 0.15) is 63.1 Å². The van der Waals surface area contributed by atoms with Gasteiger partial charge in [0.1, 0.15) is 0 Å². The van der Waals surface area contributed by atoms with E-state index in [9.17, 15) is 0 Å². The van der Waals surface area contributed by atoms with Gasteiger partial charge in [-0.1, -0.05) is 20.3 Å². The smallest absolute Gasteiger partial charge is 0.191 e. The molecular formula is C23H42N6S. The second kappa shape index (κ2) is 12.6. The van der Waals surface area contributed by atoms with E-state index in [1.807, 2.05) is 7.05 Å². The zero-order valence-electron chi connectivity index (χ0n) is 19.3. The number of guanidine groups is 1. The van der Waals surface area contributed by atoms with Crippen LogP contribution in [0.5, 0.6) is 0 Å². The summed E-state index contributed by atoms with van der Waals surface area (Å²) in [6.07, 6.45) is 8.61. The molecule has 1 aromatic heterocycles. The number of thiazole rings is 1. The number of piperidine rings is 2. The molecule has 2 aliphatic rings. The number of hydrogen-bond acceptors (Lipinski definition) is 5. The minimum absolute atomic E-state index is 0.557. The van der Waals surface area contributed by atoms with E-state index in [0.717, 1.165) is 31.4 Å². The maximum absolute atomic E-state index is 4.72. The molecule has 7 heteroatoms. The molecule has 0 spiro atoms. The van der Waals surface area contributed by atoms with Gasteiger partial charge in [-0.25, -0.2) is 4.98 Å². The van der Waals surface area contributed by atoms with Gasteiger partial charge in [0.25, 0.3) is 0 Å². The summed E-state index contributed by atoms with van der Waals surface area (Å²) >= 11 is 1.80. The standard InChI is InChI=1S/C23H42N6S/c1-4-6-11-28-14-9-20(10-15-28)27-23(24-3)25-16-19-7-12-29(13-8-19)17-21-18-30-22(5-2)26-21/h18-20H,4-17H2,1-3H3,(H2,24,25,27). The molecule has 2 fully saturated rings. The van der Waals surface area contributed by atoms with E-state index in [2.05, 4.69) is 44.7 Å². The Balaban J connectivity index is 1.31. The van der Waals surface area contributed by atoms with E-state index in [1.165, 1.54) is 82.0 Å². The van der Waals surface area contributed by atoms with Gasteiger partial charge in [-0.15, -0.1) is 11.3 Å². The monoisotopic (exact) mass is 434 g/mol. The fraction of sp³-hybridized carbons (Fsp3) is 0.826. The first-order chi connectivity index (χ1) is 14.7. The number of aliphatic imine (C=N–C) groups is 1. The molecular weight excluding hydrogens is 392 g/mol. The average Bonchev–Trinajstić information content (AvgIpc) is 3.24. The van der Waals surface area contributed by atoms with Crippen molar-refractivity contribution in [3.05, 3.63) is 16.1 Å². The molecule has 2 saturated heterocycles. The number of aromatic nitrogens is 1. The van der Waals surface area contributed by atoms with Gasteiger partial charge in [0.2, 0.25) is 0 Å². The normalized spacial score (nSPS) is 20.6. The highest BCUT2D eigenvalue weighted by Gasteiger charge is 2.22. The zero-order valence-corrected chi connectivity index (χ0v) is 20.1. The highest BCUT2D eigenvalue weighted by molar-refractivity contribution is 7.09. The number of rotatable bonds is 9. The van der Waals surface area contributed by atoms with E-state index >= 15 is 0 Å². The quantitative estimate of drug-likeness (QED) is 0.461. The van der Waals surface area contributed by atoms with Crippen molar-refractivity contribution in [3.8, 4) is 0 Å². The third kappa shape index (κ3) is 7.50. The van der Waals surface area contributed by atoms with Crippen LogP contribution >= 0.6 is 11.3 Å². The van der Waals surface area contributed by atoms with Crippen LogP contribution in [0.25, 0.3) is 0 Å². The van der Waals surface area contributed by atoms with Crippen LogP contribution < -0.4 is 10.6 Å². The maximum atomic E-state index is 4.72. The van der Waals surface area contributed by atoms with Gasteiger partial charge in [0.15, 0.2) is 5.96 Å². The molecule has 0 aliphatic carbocycles. The van der Waals surface area contributed by atoms with Crippen molar-refractivity contribution in [1.29, 1.82) is 0 Å². The number of nitrogens with zero attached hydrogens (tertiary/aromatic N) is 4. The van der Waals surface area contributed by atoms with Crippen LogP contribution in [0.15, 0.2) is 10.4 Å². The van der Waals surface area contributed by atoms with Gasteiger partial charge < -0.3 is 15.5 Å². The lowest BCUT2D eigenvalue weighted by atomic mass is 9.97. The largest absolute Gasteiger partial charge is 0.356 e. The van der Waals surface area contributed by atoms with Crippen LogP contribution in [0.3, 0.4) is 0 Å². The molecule has 3 heterocycles. The Labute approximate surface area is 187 Å². The van der Waals surface area contributed by atoms with Gasteiger partial charge in [0, 0.05) is 44.6 Å². The minimum atomic E-state index is 0.557. The van der Waals surface area contributed by atoms with Crippen molar-refractivity contribution in [2.45, 2.75) is 71.4 Å². The summed E-state index contributed by atoms with van der Waals surface area (Å²) in [5, 5.41) is 10.8. The predicted molar refractivity (Wildman–Crippen MR) is 128 cm³/mol. The summed E-state index contributed by atoms with van der Waals surface area (Å²) < 4.78 is 0. The molecule has 2 aliphatic heterocycles. The van der Waals surface area contributed by atoms with Gasteiger partial charge in [0.05, 0.1) is 10.7 Å². The Bertz CT molecular complexity index is 629. The van der Waals surface area contributed by atoms with Crippen LogP contribution in [0.4, 0.5) is 0 Å². The van der Waals surface area contributed by atoms with Crippen LogP contribution in [-0.4, -0.2) is 73.1 Å². The van der Waals surface area contributed by atoms with E-state index in [-0.39, 0.29) is 0 Å². The second-order valence-electron chi connectivity index (χ2n) is 8.87. The first-order valence-corrected chi connectivity index (χ1v) is 12.9. The van der Waals surface area contributed by atoms with Crippen molar-refractivity contribution in [2.24, 2.45) is 10.9 Å². The Hall–Kier alpha value is -1.18. The predicted octanol–water partition coefficient (Wildman–Crippen LogP) is 3.35. The minimum Gasteiger partial charge on any atom is -0.356 e. The fourth-order valence-electron chi connectivity index (χ4n) is 4.47. The molecule has 30 heavy (non-hydrogen) atoms. The zero-order chi connectivity index (χ0) is 21.2. The Morgan fingerprint density at radius 1 is 1.13 bits per heavy atom. The molecule has 0 unspecified atom stereocenters. The molecule has 6 nitrogen and oxygen atoms in total. The summed E-state index contributed by atoms with van der Waals surface area (Å²) in [4.78, 5) is 14.4. The third-order valence-electron chi connectivity index (χ3n) is 6.53. The Morgan fingerprint density at radius 3 is 2.50 bits per heavy atom. The summed E-state index contributed by atoms with van der Waals surface area (Å²) in [7, 11) is 1.90. The number of aryl methyl sites for hydroxylation is 1. The fourth-order valence-corrected chi connectivity index (χ4v) is 5.21. The molecule has 2 N–H and O–H groups in total. The van der Waals surface area contributed by atoms with Gasteiger partial charge in [-0.2, -0.15) is 0 Å². The van der Waals surface area contributed by atoms with E-state index in [4.69, 9.17) is 4.98 Å². The van der Waals surface area contributed by atoms with E-state index in [0.29, 0.717) is 6.04 Å². The molecule has 0 saturated carbocycles. The molecule has 0 bridgehead atoms. The lowest BCUT2D eigenvalue weighted by Gasteiger charge is -2.34. The number of likely N-dealkylation sites (tertiary alicyclic amines) is 2. The van der Waals surface area contributed by atoms with E-state index < -0.39 is 0 Å². The van der Waals surface area contributed by atoms with Crippen LogP contribution in [0.2, 0.25) is 0 Å². The number of unbranched alkanes of at least 4 members (excludes halogenated alkanes) is 1. The molecule has 0 aromatic carbocycles. The van der Waals surface area contributed by atoms with Crippen molar-refractivity contribution in [2.75, 3.05) is 46.3 Å². The maximum Gasteiger partial charge on any atom is 0.191 e. The van der Waals surface area contributed by atoms with Crippen molar-refractivity contribution < 1.29 is 0 Å². The lowest BCUT2D eigenvalue weighted by Crippen LogP contribution is -2.50. The highest BCUT2D eigenvalue weighted by Crippen LogP contribution is 2.19. The van der Waals surface area contributed by atoms with Gasteiger partial charge >= 0.3 is 0 Å². The van der Waals surface area contributed by atoms with Gasteiger partial charge in [-0.3, -0.25) is 9.89 Å². The molecule has 0 radical (unpaired) electrons. The van der Waals surface area contributed by atoms with E-state index in [1.54, 1.807) is 11.3 Å². The first-order valence-electron chi connectivity index (χ1n) is 12.0. The number of hydrogen-bond donors (Lipinski definition) is 2. The highest BCUT2D eigenvalue weighted by atomic mass is 32.1. The summed E-state index contributed by atoms with van der Waals surface area (Å²) in [6.45, 7) is 12.5. The lowest BCUT2D eigenvalue weighted by molar-refractivity contribution is 0.176. The summed E-state index contributed by atoms with van der Waals surface area (Å²) in [5.41, 5.74) is 1.25. The van der Waals surface area contributed by atoms with Crippen molar-refractivity contribution >= 4 is 17.3 Å². The van der Waals surface area contributed by atoms with Crippen molar-refractivity contribution in [3.63, 3.8) is 0 Å². The van der Waals surface area contributed by atoms with Crippen LogP contribution in [-0.2, 0) is 13.0 Å². The second-order valence-corrected chi connectivity index (χ2v) is 9.82. The van der Waals surface area contributed by atoms with Gasteiger partial charge in [-0.05, 0) is 64.1 Å². The Kier molecular flexibility index (Phi) is 9.88. The average molecular weight is 435 g/mol. The molecule has 0 atom stereocenters. The van der Waals surface area contributed by atoms with Crippen molar-refractivity contribution in [1.82, 2.24) is 25.4 Å². The summed E-state index contributed by atoms with van der Waals surface area (Å²) in [5.74, 6) is 1.72. The SMILES string of the molecule is CCCCN1CCC(NC(=NC)NCC2CCN(Cc3csc(CC)n3)CC2)CC1. The molecule has 1 aromatic rings. The first kappa shape index (κ1) is 23.5.